The quantitative estimate of drug-likeness (QED) is 0.539. The molecule has 108 valence electrons. The highest BCUT2D eigenvalue weighted by Gasteiger charge is 2.12. The van der Waals surface area contributed by atoms with Gasteiger partial charge in [-0.15, -0.1) is 10.2 Å². The number of para-hydroxylation sites is 1. The van der Waals surface area contributed by atoms with E-state index in [2.05, 4.69) is 56.8 Å². The Morgan fingerprint density at radius 3 is 2.86 bits per heavy atom. The van der Waals surface area contributed by atoms with Gasteiger partial charge in [-0.25, -0.2) is 0 Å². The SMILES string of the molecule is Cc1cc2ccccc2n2c(SCc3cccnc3)nnc12. The van der Waals surface area contributed by atoms with E-state index in [0.29, 0.717) is 0 Å². The Labute approximate surface area is 132 Å². The summed E-state index contributed by atoms with van der Waals surface area (Å²) < 4.78 is 2.14. The Morgan fingerprint density at radius 2 is 2.00 bits per heavy atom. The highest BCUT2D eigenvalue weighted by Crippen LogP contribution is 2.27. The lowest BCUT2D eigenvalue weighted by Crippen LogP contribution is -1.93. The summed E-state index contributed by atoms with van der Waals surface area (Å²) in [6.07, 6.45) is 3.68. The number of fused-ring (bicyclic) bond motifs is 3. The van der Waals surface area contributed by atoms with Gasteiger partial charge < -0.3 is 0 Å². The molecule has 3 aromatic heterocycles. The molecule has 1 aromatic carbocycles. The van der Waals surface area contributed by atoms with Crippen molar-refractivity contribution in [2.75, 3.05) is 0 Å². The summed E-state index contributed by atoms with van der Waals surface area (Å²) in [4.78, 5) is 4.15. The Bertz CT molecular complexity index is 947. The van der Waals surface area contributed by atoms with Gasteiger partial charge >= 0.3 is 0 Å². The smallest absolute Gasteiger partial charge is 0.196 e. The molecule has 0 fully saturated rings. The predicted octanol–water partition coefficient (Wildman–Crippen LogP) is 3.88. The normalized spacial score (nSPS) is 11.3. The molecule has 0 N–H and O–H groups in total. The van der Waals surface area contributed by atoms with Crippen LogP contribution in [-0.4, -0.2) is 19.6 Å². The van der Waals surface area contributed by atoms with Crippen LogP contribution in [0.3, 0.4) is 0 Å². The molecule has 3 heterocycles. The molecule has 0 aliphatic carbocycles. The van der Waals surface area contributed by atoms with Crippen LogP contribution in [0, 0.1) is 6.92 Å². The summed E-state index contributed by atoms with van der Waals surface area (Å²) in [5, 5.41) is 10.9. The molecule has 0 bridgehead atoms. The Kier molecular flexibility index (Phi) is 3.27. The van der Waals surface area contributed by atoms with Crippen LogP contribution in [0.5, 0.6) is 0 Å². The number of benzene rings is 1. The lowest BCUT2D eigenvalue weighted by Gasteiger charge is -2.06. The number of pyridine rings is 2. The van der Waals surface area contributed by atoms with E-state index in [-0.39, 0.29) is 0 Å². The summed E-state index contributed by atoms with van der Waals surface area (Å²) in [6, 6.07) is 14.5. The maximum atomic E-state index is 4.38. The van der Waals surface area contributed by atoms with Gasteiger partial charge in [0.2, 0.25) is 0 Å². The molecule has 5 heteroatoms. The van der Waals surface area contributed by atoms with Gasteiger partial charge in [-0.05, 0) is 41.6 Å². The molecule has 4 nitrogen and oxygen atoms in total. The Morgan fingerprint density at radius 1 is 1.09 bits per heavy atom. The van der Waals surface area contributed by atoms with E-state index in [0.717, 1.165) is 27.6 Å². The Balaban J connectivity index is 1.81. The van der Waals surface area contributed by atoms with E-state index in [1.54, 1.807) is 18.0 Å². The van der Waals surface area contributed by atoms with Crippen molar-refractivity contribution in [2.45, 2.75) is 17.8 Å². The van der Waals surface area contributed by atoms with Crippen molar-refractivity contribution in [2.24, 2.45) is 0 Å². The number of rotatable bonds is 3. The standard InChI is InChI=1S/C17H14N4S/c1-12-9-14-6-2-3-7-15(14)21-16(12)19-20-17(21)22-11-13-5-4-8-18-10-13/h2-10H,11H2,1H3. The van der Waals surface area contributed by atoms with Crippen molar-refractivity contribution in [3.05, 3.63) is 66.0 Å². The van der Waals surface area contributed by atoms with E-state index in [1.165, 1.54) is 10.9 Å². The minimum atomic E-state index is 0.830. The third-order valence-electron chi connectivity index (χ3n) is 3.63. The number of hydrogen-bond acceptors (Lipinski definition) is 4. The summed E-state index contributed by atoms with van der Waals surface area (Å²) in [7, 11) is 0. The minimum absolute atomic E-state index is 0.830. The first-order valence-electron chi connectivity index (χ1n) is 7.08. The highest BCUT2D eigenvalue weighted by molar-refractivity contribution is 7.98. The molecule has 0 unspecified atom stereocenters. The van der Waals surface area contributed by atoms with Crippen molar-refractivity contribution in [3.8, 4) is 0 Å². The summed E-state index contributed by atoms with van der Waals surface area (Å²) in [5.41, 5.74) is 4.38. The first-order chi connectivity index (χ1) is 10.8. The van der Waals surface area contributed by atoms with Crippen molar-refractivity contribution in [3.63, 3.8) is 0 Å². The Hall–Kier alpha value is -2.40. The predicted molar refractivity (Wildman–Crippen MR) is 89.0 cm³/mol. The van der Waals surface area contributed by atoms with Crippen LogP contribution in [0.1, 0.15) is 11.1 Å². The van der Waals surface area contributed by atoms with E-state index in [1.807, 2.05) is 18.3 Å². The molecule has 0 atom stereocenters. The number of aromatic nitrogens is 4. The van der Waals surface area contributed by atoms with Gasteiger partial charge in [-0.3, -0.25) is 9.38 Å². The lowest BCUT2D eigenvalue weighted by atomic mass is 10.1. The second-order valence-electron chi connectivity index (χ2n) is 5.18. The third kappa shape index (κ3) is 2.23. The number of hydrogen-bond donors (Lipinski definition) is 0. The maximum absolute atomic E-state index is 4.38. The average Bonchev–Trinajstić information content (AvgIpc) is 2.99. The number of aryl methyl sites for hydroxylation is 1. The van der Waals surface area contributed by atoms with E-state index >= 15 is 0 Å². The zero-order valence-electron chi connectivity index (χ0n) is 12.1. The van der Waals surface area contributed by atoms with Crippen LogP contribution in [0.2, 0.25) is 0 Å². The van der Waals surface area contributed by atoms with Gasteiger partial charge in [0.25, 0.3) is 0 Å². The zero-order valence-corrected chi connectivity index (χ0v) is 12.9. The van der Waals surface area contributed by atoms with Crippen LogP contribution in [0.25, 0.3) is 16.6 Å². The molecule has 0 amide bonds. The molecule has 0 radical (unpaired) electrons. The van der Waals surface area contributed by atoms with Crippen molar-refractivity contribution >= 4 is 28.3 Å². The topological polar surface area (TPSA) is 43.1 Å². The van der Waals surface area contributed by atoms with E-state index < -0.39 is 0 Å². The molecule has 0 saturated carbocycles. The van der Waals surface area contributed by atoms with Crippen LogP contribution < -0.4 is 0 Å². The fourth-order valence-electron chi connectivity index (χ4n) is 2.58. The fraction of sp³-hybridized carbons (Fsp3) is 0.118. The maximum Gasteiger partial charge on any atom is 0.196 e. The van der Waals surface area contributed by atoms with Gasteiger partial charge in [-0.1, -0.05) is 36.0 Å². The van der Waals surface area contributed by atoms with Crippen LogP contribution in [0.15, 0.2) is 60.0 Å². The largest absolute Gasteiger partial charge is 0.270 e. The van der Waals surface area contributed by atoms with Gasteiger partial charge in [0.1, 0.15) is 0 Å². The highest BCUT2D eigenvalue weighted by atomic mass is 32.2. The summed E-state index contributed by atoms with van der Waals surface area (Å²) in [5.74, 6) is 0.830. The summed E-state index contributed by atoms with van der Waals surface area (Å²) in [6.45, 7) is 2.08. The van der Waals surface area contributed by atoms with Crippen LogP contribution >= 0.6 is 11.8 Å². The second-order valence-corrected chi connectivity index (χ2v) is 6.12. The van der Waals surface area contributed by atoms with Crippen LogP contribution in [-0.2, 0) is 5.75 Å². The number of thioether (sulfide) groups is 1. The van der Waals surface area contributed by atoms with Gasteiger partial charge in [0.05, 0.1) is 5.52 Å². The van der Waals surface area contributed by atoms with Crippen molar-refractivity contribution < 1.29 is 0 Å². The zero-order chi connectivity index (χ0) is 14.9. The summed E-state index contributed by atoms with van der Waals surface area (Å²) >= 11 is 1.68. The average molecular weight is 306 g/mol. The molecule has 0 aliphatic heterocycles. The van der Waals surface area contributed by atoms with Gasteiger partial charge in [-0.2, -0.15) is 0 Å². The van der Waals surface area contributed by atoms with Gasteiger partial charge in [0, 0.05) is 18.1 Å². The van der Waals surface area contributed by atoms with E-state index in [9.17, 15) is 0 Å². The molecule has 0 spiro atoms. The minimum Gasteiger partial charge on any atom is -0.270 e. The lowest BCUT2D eigenvalue weighted by molar-refractivity contribution is 0.939. The first kappa shape index (κ1) is 13.3. The van der Waals surface area contributed by atoms with E-state index in [4.69, 9.17) is 0 Å². The fourth-order valence-corrected chi connectivity index (χ4v) is 3.46. The molecule has 4 rings (SSSR count). The molecule has 0 saturated heterocycles. The molecule has 22 heavy (non-hydrogen) atoms. The molecule has 0 aliphatic rings. The third-order valence-corrected chi connectivity index (χ3v) is 4.63. The van der Waals surface area contributed by atoms with Crippen molar-refractivity contribution in [1.82, 2.24) is 19.6 Å². The number of nitrogens with zero attached hydrogens (tertiary/aromatic N) is 4. The second kappa shape index (κ2) is 5.42. The van der Waals surface area contributed by atoms with Crippen LogP contribution in [0.4, 0.5) is 0 Å². The first-order valence-corrected chi connectivity index (χ1v) is 8.07. The van der Waals surface area contributed by atoms with Crippen molar-refractivity contribution in [1.29, 1.82) is 0 Å². The molecule has 4 aromatic rings. The molecular formula is C17H14N4S. The van der Waals surface area contributed by atoms with Gasteiger partial charge in [0.15, 0.2) is 10.8 Å². The molecular weight excluding hydrogens is 292 g/mol. The monoisotopic (exact) mass is 306 g/mol.